The molecule has 0 N–H and O–H groups in total. The first kappa shape index (κ1) is 18.1. The SMILES string of the molecule is Fc1cccc(-n2c(SCc3cn4ccccc4n3)nnc2N2CCOCC2)c1. The van der Waals surface area contributed by atoms with Crippen molar-refractivity contribution in [2.75, 3.05) is 31.2 Å². The molecule has 1 aliphatic rings. The summed E-state index contributed by atoms with van der Waals surface area (Å²) in [7, 11) is 0. The van der Waals surface area contributed by atoms with Gasteiger partial charge in [-0.25, -0.2) is 9.37 Å². The third kappa shape index (κ3) is 3.70. The van der Waals surface area contributed by atoms with Crippen LogP contribution >= 0.6 is 11.8 Å². The summed E-state index contributed by atoms with van der Waals surface area (Å²) in [5.74, 6) is 1.05. The van der Waals surface area contributed by atoms with Crippen molar-refractivity contribution in [2.45, 2.75) is 10.9 Å². The maximum absolute atomic E-state index is 13.9. The topological polar surface area (TPSA) is 60.5 Å². The van der Waals surface area contributed by atoms with Crippen molar-refractivity contribution in [3.05, 3.63) is 66.4 Å². The molecule has 1 aliphatic heterocycles. The molecule has 0 amide bonds. The fraction of sp³-hybridized carbons (Fsp3) is 0.250. The Hall–Kier alpha value is -2.91. The quantitative estimate of drug-likeness (QED) is 0.471. The highest BCUT2D eigenvalue weighted by molar-refractivity contribution is 7.98. The number of halogens is 1. The first-order valence-electron chi connectivity index (χ1n) is 9.37. The van der Waals surface area contributed by atoms with E-state index in [1.165, 1.54) is 23.9 Å². The first-order valence-corrected chi connectivity index (χ1v) is 10.4. The van der Waals surface area contributed by atoms with Gasteiger partial charge in [0.1, 0.15) is 11.5 Å². The van der Waals surface area contributed by atoms with E-state index in [1.807, 2.05) is 45.6 Å². The largest absolute Gasteiger partial charge is 0.378 e. The van der Waals surface area contributed by atoms with E-state index in [0.29, 0.717) is 35.8 Å². The predicted molar refractivity (Wildman–Crippen MR) is 109 cm³/mol. The molecule has 29 heavy (non-hydrogen) atoms. The number of ether oxygens (including phenoxy) is 1. The van der Waals surface area contributed by atoms with E-state index >= 15 is 0 Å². The number of morpholine rings is 1. The highest BCUT2D eigenvalue weighted by Crippen LogP contribution is 2.29. The van der Waals surface area contributed by atoms with Crippen LogP contribution < -0.4 is 4.90 Å². The minimum absolute atomic E-state index is 0.291. The Bertz CT molecular complexity index is 1100. The third-order valence-electron chi connectivity index (χ3n) is 4.74. The minimum Gasteiger partial charge on any atom is -0.378 e. The van der Waals surface area contributed by atoms with E-state index < -0.39 is 0 Å². The van der Waals surface area contributed by atoms with Crippen LogP contribution in [0.5, 0.6) is 0 Å². The molecule has 1 saturated heterocycles. The Morgan fingerprint density at radius 1 is 1.07 bits per heavy atom. The van der Waals surface area contributed by atoms with Gasteiger partial charge < -0.3 is 14.0 Å². The molecule has 0 unspecified atom stereocenters. The summed E-state index contributed by atoms with van der Waals surface area (Å²) in [4.78, 5) is 6.76. The molecular formula is C20H19FN6OS. The molecule has 7 nitrogen and oxygen atoms in total. The smallest absolute Gasteiger partial charge is 0.232 e. The average molecular weight is 410 g/mol. The number of hydrogen-bond acceptors (Lipinski definition) is 6. The second-order valence-electron chi connectivity index (χ2n) is 6.68. The summed E-state index contributed by atoms with van der Waals surface area (Å²) in [6.07, 6.45) is 3.98. The van der Waals surface area contributed by atoms with Gasteiger partial charge in [-0.3, -0.25) is 4.57 Å². The van der Waals surface area contributed by atoms with E-state index in [4.69, 9.17) is 4.74 Å². The summed E-state index contributed by atoms with van der Waals surface area (Å²) in [5.41, 5.74) is 2.56. The lowest BCUT2D eigenvalue weighted by atomic mass is 10.3. The zero-order valence-corrected chi connectivity index (χ0v) is 16.4. The number of fused-ring (bicyclic) bond motifs is 1. The van der Waals surface area contributed by atoms with E-state index in [2.05, 4.69) is 20.1 Å². The van der Waals surface area contributed by atoms with E-state index in [1.54, 1.807) is 6.07 Å². The van der Waals surface area contributed by atoms with Gasteiger partial charge in [0.2, 0.25) is 5.95 Å². The van der Waals surface area contributed by atoms with Crippen molar-refractivity contribution in [2.24, 2.45) is 0 Å². The van der Waals surface area contributed by atoms with Crippen LogP contribution in [0.25, 0.3) is 11.3 Å². The molecule has 0 atom stereocenters. The molecule has 3 aromatic heterocycles. The van der Waals surface area contributed by atoms with Crippen molar-refractivity contribution in [3.63, 3.8) is 0 Å². The van der Waals surface area contributed by atoms with Gasteiger partial charge in [0.25, 0.3) is 0 Å². The van der Waals surface area contributed by atoms with Gasteiger partial charge in [-0.05, 0) is 30.3 Å². The number of imidazole rings is 1. The van der Waals surface area contributed by atoms with Crippen LogP contribution in [0, 0.1) is 5.82 Å². The Morgan fingerprint density at radius 2 is 1.97 bits per heavy atom. The molecule has 0 saturated carbocycles. The Labute approximate surface area is 171 Å². The van der Waals surface area contributed by atoms with Crippen molar-refractivity contribution in [3.8, 4) is 5.69 Å². The Kier molecular flexibility index (Phi) is 4.91. The lowest BCUT2D eigenvalue weighted by Gasteiger charge is -2.27. The van der Waals surface area contributed by atoms with E-state index in [9.17, 15) is 4.39 Å². The number of nitrogens with zero attached hydrogens (tertiary/aromatic N) is 6. The zero-order chi connectivity index (χ0) is 19.6. The monoisotopic (exact) mass is 410 g/mol. The Morgan fingerprint density at radius 3 is 2.79 bits per heavy atom. The van der Waals surface area contributed by atoms with E-state index in [0.717, 1.165) is 24.4 Å². The van der Waals surface area contributed by atoms with Gasteiger partial charge >= 0.3 is 0 Å². The second-order valence-corrected chi connectivity index (χ2v) is 7.63. The number of aromatic nitrogens is 5. The maximum Gasteiger partial charge on any atom is 0.232 e. The van der Waals surface area contributed by atoms with Gasteiger partial charge in [0.15, 0.2) is 5.16 Å². The summed E-state index contributed by atoms with van der Waals surface area (Å²) >= 11 is 1.53. The molecule has 4 heterocycles. The molecular weight excluding hydrogens is 391 g/mol. The third-order valence-corrected chi connectivity index (χ3v) is 5.70. The summed E-state index contributed by atoms with van der Waals surface area (Å²) in [5, 5.41) is 9.52. The lowest BCUT2D eigenvalue weighted by Crippen LogP contribution is -2.37. The lowest BCUT2D eigenvalue weighted by molar-refractivity contribution is 0.122. The molecule has 4 aromatic rings. The molecule has 5 rings (SSSR count). The fourth-order valence-corrected chi connectivity index (χ4v) is 4.19. The van der Waals surface area contributed by atoms with Crippen LogP contribution in [0.4, 0.5) is 10.3 Å². The molecule has 9 heteroatoms. The highest BCUT2D eigenvalue weighted by atomic mass is 32.2. The average Bonchev–Trinajstić information content (AvgIpc) is 3.36. The number of pyridine rings is 1. The van der Waals surface area contributed by atoms with Gasteiger partial charge in [0.05, 0.1) is 24.6 Å². The molecule has 1 aromatic carbocycles. The summed E-state index contributed by atoms with van der Waals surface area (Å²) < 4.78 is 23.3. The normalized spacial score (nSPS) is 14.6. The summed E-state index contributed by atoms with van der Waals surface area (Å²) in [6.45, 7) is 2.73. The van der Waals surface area contributed by atoms with Crippen LogP contribution in [0.3, 0.4) is 0 Å². The van der Waals surface area contributed by atoms with Crippen molar-refractivity contribution < 1.29 is 9.13 Å². The number of anilines is 1. The number of hydrogen-bond donors (Lipinski definition) is 0. The standard InChI is InChI=1S/C20H19FN6OS/c21-15-4-3-5-17(12-15)27-19(25-8-10-28-11-9-25)23-24-20(27)29-14-16-13-26-7-2-1-6-18(26)22-16/h1-7,12-13H,8-11,14H2. The van der Waals surface area contributed by atoms with Crippen LogP contribution in [0.2, 0.25) is 0 Å². The Balaban J connectivity index is 1.47. The molecule has 0 radical (unpaired) electrons. The summed E-state index contributed by atoms with van der Waals surface area (Å²) in [6, 6.07) is 12.4. The van der Waals surface area contributed by atoms with Crippen LogP contribution in [0.15, 0.2) is 60.0 Å². The minimum atomic E-state index is -0.291. The van der Waals surface area contributed by atoms with Crippen molar-refractivity contribution >= 4 is 23.4 Å². The second kappa shape index (κ2) is 7.84. The van der Waals surface area contributed by atoms with Gasteiger partial charge in [0, 0.05) is 31.2 Å². The first-order chi connectivity index (χ1) is 14.3. The molecule has 0 spiro atoms. The highest BCUT2D eigenvalue weighted by Gasteiger charge is 2.22. The molecule has 0 bridgehead atoms. The zero-order valence-electron chi connectivity index (χ0n) is 15.6. The van der Waals surface area contributed by atoms with E-state index in [-0.39, 0.29) is 5.82 Å². The number of rotatable bonds is 5. The fourth-order valence-electron chi connectivity index (χ4n) is 3.36. The number of benzene rings is 1. The van der Waals surface area contributed by atoms with Crippen LogP contribution in [0.1, 0.15) is 5.69 Å². The maximum atomic E-state index is 13.9. The molecule has 148 valence electrons. The predicted octanol–water partition coefficient (Wildman–Crippen LogP) is 3.18. The molecule has 0 aliphatic carbocycles. The van der Waals surface area contributed by atoms with Gasteiger partial charge in [-0.15, -0.1) is 10.2 Å². The van der Waals surface area contributed by atoms with Crippen LogP contribution in [-0.4, -0.2) is 50.5 Å². The number of thioether (sulfide) groups is 1. The van der Waals surface area contributed by atoms with Crippen molar-refractivity contribution in [1.29, 1.82) is 0 Å². The molecule has 1 fully saturated rings. The van der Waals surface area contributed by atoms with Gasteiger partial charge in [-0.1, -0.05) is 23.9 Å². The van der Waals surface area contributed by atoms with Crippen LogP contribution in [-0.2, 0) is 10.5 Å². The van der Waals surface area contributed by atoms with Crippen molar-refractivity contribution in [1.82, 2.24) is 24.1 Å². The van der Waals surface area contributed by atoms with Gasteiger partial charge in [-0.2, -0.15) is 0 Å².